The van der Waals surface area contributed by atoms with Gasteiger partial charge in [0, 0.05) is 18.1 Å². The van der Waals surface area contributed by atoms with Gasteiger partial charge in [0.1, 0.15) is 10.6 Å². The quantitative estimate of drug-likeness (QED) is 0.505. The van der Waals surface area contributed by atoms with Gasteiger partial charge in [-0.2, -0.15) is 0 Å². The van der Waals surface area contributed by atoms with Crippen LogP contribution in [0.1, 0.15) is 5.56 Å². The van der Waals surface area contributed by atoms with Crippen LogP contribution in [-0.2, 0) is 16.4 Å². The molecule has 0 unspecified atom stereocenters. The van der Waals surface area contributed by atoms with E-state index in [-0.39, 0.29) is 9.79 Å². The summed E-state index contributed by atoms with van der Waals surface area (Å²) in [6.45, 7) is 0.468. The number of nitrogens with one attached hydrogen (secondary N) is 1. The Morgan fingerprint density at radius 3 is 2.31 bits per heavy atom. The van der Waals surface area contributed by atoms with Crippen molar-refractivity contribution in [2.45, 2.75) is 16.3 Å². The molecule has 0 amide bonds. The van der Waals surface area contributed by atoms with Crippen molar-refractivity contribution in [3.8, 4) is 5.75 Å². The van der Waals surface area contributed by atoms with E-state index in [1.165, 1.54) is 6.20 Å². The second kappa shape index (κ2) is 7.93. The minimum atomic E-state index is -3.72. The number of benzene rings is 3. The van der Waals surface area contributed by atoms with Gasteiger partial charge in [-0.15, -0.1) is 0 Å². The molecule has 146 valence electrons. The van der Waals surface area contributed by atoms with Crippen LogP contribution in [0.4, 0.5) is 5.69 Å². The number of hydrogen-bond acceptors (Lipinski definition) is 5. The van der Waals surface area contributed by atoms with E-state index in [9.17, 15) is 8.42 Å². The van der Waals surface area contributed by atoms with Gasteiger partial charge in [0.25, 0.3) is 0 Å². The average Bonchev–Trinajstić information content (AvgIpc) is 2.78. The number of fused-ring (bicyclic) bond motifs is 1. The van der Waals surface area contributed by atoms with E-state index in [1.54, 1.807) is 37.4 Å². The minimum Gasteiger partial charge on any atom is -0.497 e. The number of ether oxygens (including phenoxy) is 1. The number of sulfone groups is 1. The van der Waals surface area contributed by atoms with Gasteiger partial charge in [0.15, 0.2) is 0 Å². The largest absolute Gasteiger partial charge is 0.497 e. The number of hydrogen-bond donors (Lipinski definition) is 1. The molecular formula is C23H20N2O3S. The molecule has 3 aromatic carbocycles. The van der Waals surface area contributed by atoms with E-state index in [4.69, 9.17) is 4.74 Å². The minimum absolute atomic E-state index is 0.163. The smallest absolute Gasteiger partial charge is 0.210 e. The van der Waals surface area contributed by atoms with Crippen molar-refractivity contribution in [3.63, 3.8) is 0 Å². The lowest BCUT2D eigenvalue weighted by Gasteiger charge is -2.15. The zero-order valence-electron chi connectivity index (χ0n) is 15.9. The molecule has 5 nitrogen and oxygen atoms in total. The maximum atomic E-state index is 13.3. The van der Waals surface area contributed by atoms with Crippen molar-refractivity contribution in [2.75, 3.05) is 12.4 Å². The number of anilines is 1. The van der Waals surface area contributed by atoms with Crippen LogP contribution in [-0.4, -0.2) is 20.5 Å². The number of pyridine rings is 1. The molecule has 0 atom stereocenters. The molecule has 0 saturated carbocycles. The average molecular weight is 404 g/mol. The lowest BCUT2D eigenvalue weighted by atomic mass is 10.1. The Bertz CT molecular complexity index is 1240. The first-order valence-electron chi connectivity index (χ1n) is 9.14. The molecule has 4 rings (SSSR count). The Morgan fingerprint density at radius 2 is 1.59 bits per heavy atom. The van der Waals surface area contributed by atoms with Crippen LogP contribution in [0.3, 0.4) is 0 Å². The molecule has 0 bridgehead atoms. The van der Waals surface area contributed by atoms with Gasteiger partial charge in [-0.25, -0.2) is 8.42 Å². The molecule has 0 saturated heterocycles. The van der Waals surface area contributed by atoms with Crippen molar-refractivity contribution in [3.05, 3.63) is 90.6 Å². The molecule has 29 heavy (non-hydrogen) atoms. The third kappa shape index (κ3) is 3.79. The van der Waals surface area contributed by atoms with Crippen LogP contribution in [0.5, 0.6) is 5.75 Å². The lowest BCUT2D eigenvalue weighted by molar-refractivity contribution is 0.414. The number of methoxy groups -OCH3 is 1. The molecule has 1 aromatic heterocycles. The van der Waals surface area contributed by atoms with Crippen molar-refractivity contribution < 1.29 is 13.2 Å². The zero-order chi connectivity index (χ0) is 20.3. The standard InChI is InChI=1S/C23H20N2O3S/c1-28-18-13-11-17(12-14-18)15-25-23-20-9-5-6-10-21(20)24-16-22(23)29(26,27)19-7-3-2-4-8-19/h2-14,16H,15H2,1H3,(H,24,25). The zero-order valence-corrected chi connectivity index (χ0v) is 16.7. The fourth-order valence-electron chi connectivity index (χ4n) is 3.17. The van der Waals surface area contributed by atoms with Crippen LogP contribution in [0.2, 0.25) is 0 Å². The van der Waals surface area contributed by atoms with Gasteiger partial charge < -0.3 is 10.1 Å². The number of para-hydroxylation sites is 1. The van der Waals surface area contributed by atoms with Gasteiger partial charge in [0.2, 0.25) is 9.84 Å². The molecule has 6 heteroatoms. The molecule has 0 radical (unpaired) electrons. The van der Waals surface area contributed by atoms with Crippen LogP contribution < -0.4 is 10.1 Å². The molecule has 0 spiro atoms. The van der Waals surface area contributed by atoms with Crippen molar-refractivity contribution >= 4 is 26.4 Å². The van der Waals surface area contributed by atoms with Crippen molar-refractivity contribution in [2.24, 2.45) is 0 Å². The first-order chi connectivity index (χ1) is 14.1. The van der Waals surface area contributed by atoms with E-state index in [0.29, 0.717) is 12.2 Å². The van der Waals surface area contributed by atoms with E-state index in [2.05, 4.69) is 10.3 Å². The number of aromatic nitrogens is 1. The van der Waals surface area contributed by atoms with E-state index in [1.807, 2.05) is 48.5 Å². The summed E-state index contributed by atoms with van der Waals surface area (Å²) in [5.74, 6) is 0.774. The van der Waals surface area contributed by atoms with Crippen LogP contribution in [0, 0.1) is 0 Å². The maximum Gasteiger partial charge on any atom is 0.210 e. The fraction of sp³-hybridized carbons (Fsp3) is 0.0870. The third-order valence-corrected chi connectivity index (χ3v) is 6.49. The monoisotopic (exact) mass is 404 g/mol. The van der Waals surface area contributed by atoms with Crippen LogP contribution in [0.25, 0.3) is 10.9 Å². The summed E-state index contributed by atoms with van der Waals surface area (Å²) in [4.78, 5) is 4.78. The highest BCUT2D eigenvalue weighted by atomic mass is 32.2. The lowest BCUT2D eigenvalue weighted by Crippen LogP contribution is -2.09. The summed E-state index contributed by atoms with van der Waals surface area (Å²) in [5, 5.41) is 4.09. The maximum absolute atomic E-state index is 13.3. The SMILES string of the molecule is COc1ccc(CNc2c(S(=O)(=O)c3ccccc3)cnc3ccccc23)cc1. The molecule has 0 aliphatic heterocycles. The first kappa shape index (κ1) is 19.0. The highest BCUT2D eigenvalue weighted by molar-refractivity contribution is 7.91. The molecular weight excluding hydrogens is 384 g/mol. The van der Waals surface area contributed by atoms with Gasteiger partial charge in [-0.3, -0.25) is 4.98 Å². The molecule has 1 heterocycles. The van der Waals surface area contributed by atoms with Crippen molar-refractivity contribution in [1.29, 1.82) is 0 Å². The Kier molecular flexibility index (Phi) is 5.18. The highest BCUT2D eigenvalue weighted by Crippen LogP contribution is 2.33. The summed E-state index contributed by atoms with van der Waals surface area (Å²) < 4.78 is 31.8. The third-order valence-electron chi connectivity index (χ3n) is 4.71. The first-order valence-corrected chi connectivity index (χ1v) is 10.6. The Hall–Kier alpha value is -3.38. The van der Waals surface area contributed by atoms with Gasteiger partial charge >= 0.3 is 0 Å². The second-order valence-corrected chi connectivity index (χ2v) is 8.45. The predicted molar refractivity (Wildman–Crippen MR) is 114 cm³/mol. The van der Waals surface area contributed by atoms with Crippen LogP contribution >= 0.6 is 0 Å². The summed E-state index contributed by atoms with van der Waals surface area (Å²) in [6, 6.07) is 23.6. The molecule has 0 aliphatic rings. The molecule has 1 N–H and O–H groups in total. The predicted octanol–water partition coefficient (Wildman–Crippen LogP) is 4.69. The van der Waals surface area contributed by atoms with Gasteiger partial charge in [-0.05, 0) is 35.9 Å². The van der Waals surface area contributed by atoms with Crippen molar-refractivity contribution in [1.82, 2.24) is 4.98 Å². The summed E-state index contributed by atoms with van der Waals surface area (Å²) in [7, 11) is -2.10. The Balaban J connectivity index is 1.79. The summed E-state index contributed by atoms with van der Waals surface area (Å²) in [6.07, 6.45) is 1.43. The molecule has 0 fully saturated rings. The van der Waals surface area contributed by atoms with E-state index < -0.39 is 9.84 Å². The van der Waals surface area contributed by atoms with Gasteiger partial charge in [0.05, 0.1) is 23.2 Å². The normalized spacial score (nSPS) is 11.3. The summed E-state index contributed by atoms with van der Waals surface area (Å²) in [5.41, 5.74) is 2.29. The Labute approximate surface area is 169 Å². The topological polar surface area (TPSA) is 68.3 Å². The number of rotatable bonds is 6. The van der Waals surface area contributed by atoms with E-state index >= 15 is 0 Å². The number of nitrogens with zero attached hydrogens (tertiary/aromatic N) is 1. The second-order valence-electron chi connectivity index (χ2n) is 6.53. The fourth-order valence-corrected chi connectivity index (χ4v) is 4.58. The van der Waals surface area contributed by atoms with E-state index in [0.717, 1.165) is 22.2 Å². The van der Waals surface area contributed by atoms with Crippen LogP contribution in [0.15, 0.2) is 94.9 Å². The summed E-state index contributed by atoms with van der Waals surface area (Å²) >= 11 is 0. The highest BCUT2D eigenvalue weighted by Gasteiger charge is 2.23. The van der Waals surface area contributed by atoms with Gasteiger partial charge in [-0.1, -0.05) is 48.5 Å². The Morgan fingerprint density at radius 1 is 0.897 bits per heavy atom. The molecule has 0 aliphatic carbocycles. The molecule has 4 aromatic rings.